The molecule has 21 heavy (non-hydrogen) atoms. The van der Waals surface area contributed by atoms with Crippen molar-refractivity contribution in [2.75, 3.05) is 17.2 Å². The highest BCUT2D eigenvalue weighted by molar-refractivity contribution is 6.03. The molecule has 2 aromatic rings. The molecule has 110 valence electrons. The quantitative estimate of drug-likeness (QED) is 0.885. The summed E-state index contributed by atoms with van der Waals surface area (Å²) < 4.78 is 0. The Labute approximate surface area is 124 Å². The molecule has 1 aromatic carbocycles. The molecule has 1 heterocycles. The van der Waals surface area contributed by atoms with Crippen molar-refractivity contribution in [3.05, 3.63) is 47.8 Å². The highest BCUT2D eigenvalue weighted by atomic mass is 16.1. The number of carbonyl (C=O) groups excluding carboxylic acids is 1. The van der Waals surface area contributed by atoms with Crippen molar-refractivity contribution in [3.8, 4) is 0 Å². The van der Waals surface area contributed by atoms with Crippen LogP contribution in [0.5, 0.6) is 0 Å². The molecule has 2 rings (SSSR count). The van der Waals surface area contributed by atoms with E-state index in [-0.39, 0.29) is 5.91 Å². The van der Waals surface area contributed by atoms with Gasteiger partial charge >= 0.3 is 0 Å². The smallest absolute Gasteiger partial charge is 0.274 e. The van der Waals surface area contributed by atoms with Crippen molar-refractivity contribution in [1.82, 2.24) is 9.97 Å². The summed E-state index contributed by atoms with van der Waals surface area (Å²) in [5, 5.41) is 5.96. The van der Waals surface area contributed by atoms with Crippen molar-refractivity contribution in [2.45, 2.75) is 20.8 Å². The van der Waals surface area contributed by atoms with Crippen LogP contribution in [0, 0.1) is 12.8 Å². The molecule has 1 aromatic heterocycles. The first-order valence-corrected chi connectivity index (χ1v) is 7.00. The number of benzene rings is 1. The number of aromatic nitrogens is 2. The van der Waals surface area contributed by atoms with Crippen LogP contribution in [0.1, 0.15) is 30.0 Å². The van der Waals surface area contributed by atoms with Crippen molar-refractivity contribution < 1.29 is 4.79 Å². The molecule has 0 fully saturated rings. The first-order chi connectivity index (χ1) is 10.0. The number of rotatable bonds is 5. The molecule has 1 amide bonds. The number of amides is 1. The fourth-order valence-corrected chi connectivity index (χ4v) is 1.78. The molecule has 2 N–H and O–H groups in total. The average Bonchev–Trinajstić information content (AvgIpc) is 2.45. The molecular formula is C16H20N4O. The van der Waals surface area contributed by atoms with E-state index in [0.717, 1.165) is 17.9 Å². The van der Waals surface area contributed by atoms with Gasteiger partial charge in [0.15, 0.2) is 0 Å². The normalized spacial score (nSPS) is 10.5. The summed E-state index contributed by atoms with van der Waals surface area (Å²) in [6, 6.07) is 11.0. The molecule has 0 aliphatic rings. The number of carbonyl (C=O) groups is 1. The van der Waals surface area contributed by atoms with Crippen molar-refractivity contribution >= 4 is 17.5 Å². The van der Waals surface area contributed by atoms with Crippen molar-refractivity contribution in [1.29, 1.82) is 0 Å². The van der Waals surface area contributed by atoms with Crippen LogP contribution in [0.15, 0.2) is 36.4 Å². The molecule has 0 spiro atoms. The molecule has 0 unspecified atom stereocenters. The highest BCUT2D eigenvalue weighted by Gasteiger charge is 2.11. The number of aryl methyl sites for hydroxylation is 1. The highest BCUT2D eigenvalue weighted by Crippen LogP contribution is 2.10. The largest absolute Gasteiger partial charge is 0.354 e. The third kappa shape index (κ3) is 4.56. The summed E-state index contributed by atoms with van der Waals surface area (Å²) >= 11 is 0. The van der Waals surface area contributed by atoms with Gasteiger partial charge in [-0.1, -0.05) is 32.0 Å². The van der Waals surface area contributed by atoms with Crippen LogP contribution < -0.4 is 10.6 Å². The van der Waals surface area contributed by atoms with E-state index in [1.54, 1.807) is 6.07 Å². The predicted molar refractivity (Wildman–Crippen MR) is 84.5 cm³/mol. The number of nitrogens with one attached hydrogen (secondary N) is 2. The van der Waals surface area contributed by atoms with E-state index in [1.165, 1.54) is 0 Å². The summed E-state index contributed by atoms with van der Waals surface area (Å²) in [6.07, 6.45) is 0. The first kappa shape index (κ1) is 15.0. The van der Waals surface area contributed by atoms with E-state index < -0.39 is 0 Å². The van der Waals surface area contributed by atoms with E-state index >= 15 is 0 Å². The van der Waals surface area contributed by atoms with E-state index in [4.69, 9.17) is 0 Å². The fourth-order valence-electron chi connectivity index (χ4n) is 1.78. The van der Waals surface area contributed by atoms with E-state index in [2.05, 4.69) is 34.4 Å². The van der Waals surface area contributed by atoms with Crippen LogP contribution in [-0.2, 0) is 0 Å². The fraction of sp³-hybridized carbons (Fsp3) is 0.312. The Morgan fingerprint density at radius 1 is 1.19 bits per heavy atom. The van der Waals surface area contributed by atoms with Gasteiger partial charge in [-0.15, -0.1) is 0 Å². The molecule has 0 aliphatic heterocycles. The molecule has 0 aliphatic carbocycles. The van der Waals surface area contributed by atoms with Gasteiger partial charge in [0, 0.05) is 17.9 Å². The second kappa shape index (κ2) is 6.83. The third-order valence-electron chi connectivity index (χ3n) is 2.79. The van der Waals surface area contributed by atoms with Crippen LogP contribution in [-0.4, -0.2) is 22.4 Å². The number of anilines is 2. The van der Waals surface area contributed by atoms with Gasteiger partial charge in [-0.3, -0.25) is 4.79 Å². The summed E-state index contributed by atoms with van der Waals surface area (Å²) in [5.41, 5.74) is 1.86. The Morgan fingerprint density at radius 2 is 1.90 bits per heavy atom. The Kier molecular flexibility index (Phi) is 4.87. The molecule has 0 saturated heterocycles. The number of hydrogen-bond acceptors (Lipinski definition) is 4. The molecular weight excluding hydrogens is 264 g/mol. The second-order valence-corrected chi connectivity index (χ2v) is 5.31. The van der Waals surface area contributed by atoms with Crippen LogP contribution in [0.4, 0.5) is 11.6 Å². The van der Waals surface area contributed by atoms with Gasteiger partial charge in [0.25, 0.3) is 5.91 Å². The predicted octanol–water partition coefficient (Wildman–Crippen LogP) is 3.11. The Morgan fingerprint density at radius 3 is 2.57 bits per heavy atom. The van der Waals surface area contributed by atoms with Crippen LogP contribution >= 0.6 is 0 Å². The van der Waals surface area contributed by atoms with Gasteiger partial charge in [0.2, 0.25) is 5.95 Å². The summed E-state index contributed by atoms with van der Waals surface area (Å²) in [4.78, 5) is 20.8. The Balaban J connectivity index is 2.13. The Hall–Kier alpha value is -2.43. The van der Waals surface area contributed by atoms with Gasteiger partial charge in [-0.05, 0) is 31.0 Å². The van der Waals surface area contributed by atoms with Gasteiger partial charge in [-0.2, -0.15) is 0 Å². The van der Waals surface area contributed by atoms with E-state index in [9.17, 15) is 4.79 Å². The number of para-hydroxylation sites is 1. The minimum absolute atomic E-state index is 0.237. The average molecular weight is 284 g/mol. The SMILES string of the molecule is Cc1cc(C(=O)Nc2ccccc2)nc(NCC(C)C)n1. The lowest BCUT2D eigenvalue weighted by Crippen LogP contribution is -2.17. The van der Waals surface area contributed by atoms with Crippen molar-refractivity contribution in [3.63, 3.8) is 0 Å². The second-order valence-electron chi connectivity index (χ2n) is 5.31. The zero-order chi connectivity index (χ0) is 15.2. The van der Waals surface area contributed by atoms with E-state index in [1.807, 2.05) is 37.3 Å². The zero-order valence-corrected chi connectivity index (χ0v) is 12.6. The molecule has 5 heteroatoms. The molecule has 0 radical (unpaired) electrons. The third-order valence-corrected chi connectivity index (χ3v) is 2.79. The lowest BCUT2D eigenvalue weighted by atomic mass is 10.2. The molecule has 5 nitrogen and oxygen atoms in total. The van der Waals surface area contributed by atoms with Crippen LogP contribution in [0.3, 0.4) is 0 Å². The topological polar surface area (TPSA) is 66.9 Å². The van der Waals surface area contributed by atoms with Gasteiger partial charge in [0.1, 0.15) is 5.69 Å². The molecule has 0 bridgehead atoms. The summed E-state index contributed by atoms with van der Waals surface area (Å²) in [6.45, 7) is 6.82. The monoisotopic (exact) mass is 284 g/mol. The maximum atomic E-state index is 12.2. The minimum atomic E-state index is -0.237. The standard InChI is InChI=1S/C16H20N4O/c1-11(2)10-17-16-18-12(3)9-14(20-16)15(21)19-13-7-5-4-6-8-13/h4-9,11H,10H2,1-3H3,(H,19,21)(H,17,18,20). The number of nitrogens with zero attached hydrogens (tertiary/aromatic N) is 2. The van der Waals surface area contributed by atoms with Gasteiger partial charge in [0.05, 0.1) is 0 Å². The maximum Gasteiger partial charge on any atom is 0.274 e. The summed E-state index contributed by atoms with van der Waals surface area (Å²) in [5.74, 6) is 0.733. The Bertz CT molecular complexity index is 611. The van der Waals surface area contributed by atoms with E-state index in [0.29, 0.717) is 17.6 Å². The van der Waals surface area contributed by atoms with Crippen LogP contribution in [0.25, 0.3) is 0 Å². The van der Waals surface area contributed by atoms with Gasteiger partial charge < -0.3 is 10.6 Å². The van der Waals surface area contributed by atoms with Gasteiger partial charge in [-0.25, -0.2) is 9.97 Å². The lowest BCUT2D eigenvalue weighted by molar-refractivity contribution is 0.102. The maximum absolute atomic E-state index is 12.2. The number of hydrogen-bond donors (Lipinski definition) is 2. The van der Waals surface area contributed by atoms with Crippen LogP contribution in [0.2, 0.25) is 0 Å². The first-order valence-electron chi connectivity index (χ1n) is 7.00. The molecule has 0 saturated carbocycles. The zero-order valence-electron chi connectivity index (χ0n) is 12.6. The summed E-state index contributed by atoms with van der Waals surface area (Å²) in [7, 11) is 0. The van der Waals surface area contributed by atoms with Crippen molar-refractivity contribution in [2.24, 2.45) is 5.92 Å². The lowest BCUT2D eigenvalue weighted by Gasteiger charge is -2.10. The minimum Gasteiger partial charge on any atom is -0.354 e. The molecule has 0 atom stereocenters.